The molecule has 0 aromatic heterocycles. The molecule has 5 rings (SSSR count). The third-order valence-electron chi connectivity index (χ3n) is 14.1. The zero-order chi connectivity index (χ0) is 52.9. The Morgan fingerprint density at radius 3 is 1.43 bits per heavy atom. The Labute approximate surface area is 426 Å². The van der Waals surface area contributed by atoms with E-state index in [1.807, 2.05) is 109 Å². The molecule has 0 saturated carbocycles. The molecule has 8 atom stereocenters. The number of likely N-dealkylation sites (tertiary alicyclic amines) is 2. The summed E-state index contributed by atoms with van der Waals surface area (Å²) in [5, 5.41) is 17.9. The quantitative estimate of drug-likeness (QED) is 0.0878. The number of ketones is 1. The van der Waals surface area contributed by atoms with Crippen LogP contribution in [0.1, 0.15) is 120 Å². The monoisotopic (exact) mass is 991 g/mol. The fraction of sp³-hybridized carbons (Fsp3) is 0.536. The molecule has 0 bridgehead atoms. The summed E-state index contributed by atoms with van der Waals surface area (Å²) in [6.45, 7) is 17.5. The zero-order valence-electron chi connectivity index (χ0n) is 43.9. The topological polar surface area (TPSA) is 215 Å². The van der Waals surface area contributed by atoms with E-state index in [1.165, 1.54) is 34.1 Å². The van der Waals surface area contributed by atoms with Crippen LogP contribution in [0.25, 0.3) is 0 Å². The molecule has 3 aromatic rings. The molecule has 7 amide bonds. The Kier molecular flexibility index (Phi) is 19.9. The molecule has 0 spiro atoms. The third kappa shape index (κ3) is 15.3. The minimum absolute atomic E-state index is 0.0157. The molecule has 2 aliphatic rings. The van der Waals surface area contributed by atoms with Gasteiger partial charge in [-0.25, -0.2) is 0 Å². The first-order valence-corrected chi connectivity index (χ1v) is 25.5. The van der Waals surface area contributed by atoms with Gasteiger partial charge in [-0.15, -0.1) is 0 Å². The first kappa shape index (κ1) is 56.5. The summed E-state index contributed by atoms with van der Waals surface area (Å²) in [5.74, 6) is -3.81. The number of nitrogens with one attached hydrogen (secondary N) is 6. The number of benzene rings is 3. The van der Waals surface area contributed by atoms with Crippen molar-refractivity contribution in [3.05, 3.63) is 107 Å². The molecule has 3 aromatic carbocycles. The highest BCUT2D eigenvalue weighted by Crippen LogP contribution is 2.34. The normalized spacial score (nSPS) is 19.6. The van der Waals surface area contributed by atoms with Gasteiger partial charge in [-0.3, -0.25) is 38.4 Å². The average molecular weight is 991 g/mol. The van der Waals surface area contributed by atoms with Gasteiger partial charge in [0.2, 0.25) is 29.5 Å². The molecular formula is C56H78N8O8. The van der Waals surface area contributed by atoms with Gasteiger partial charge in [-0.2, -0.15) is 0 Å². The number of carbonyl (C=O) groups is 8. The van der Waals surface area contributed by atoms with E-state index >= 15 is 0 Å². The van der Waals surface area contributed by atoms with Gasteiger partial charge in [0.15, 0.2) is 0 Å². The smallest absolute Gasteiger partial charge is 0.251 e. The molecular weight excluding hydrogens is 913 g/mol. The van der Waals surface area contributed by atoms with Crippen LogP contribution in [-0.2, 0) is 41.6 Å². The number of carbonyl (C=O) groups excluding carboxylic acids is 8. The van der Waals surface area contributed by atoms with E-state index in [0.29, 0.717) is 32.4 Å². The van der Waals surface area contributed by atoms with Gasteiger partial charge in [0, 0.05) is 67.6 Å². The zero-order valence-corrected chi connectivity index (χ0v) is 43.9. The van der Waals surface area contributed by atoms with Crippen molar-refractivity contribution < 1.29 is 38.4 Å². The highest BCUT2D eigenvalue weighted by atomic mass is 16.2. The molecule has 2 aliphatic heterocycles. The van der Waals surface area contributed by atoms with Crippen LogP contribution in [0.15, 0.2) is 84.9 Å². The number of hydrogen-bond donors (Lipinski definition) is 6. The standard InChI is InChI=1S/C56H78N8O8/c1-11-35(2)48(66)62-47(56(7,8)9)54(72)64-34-42(31-45(64)52(70)59-29-27-38-20-16-13-17-21-38)61-50(68)40-24-22-39(23-25-40)49(67)60-41-30-44(51(69)58-28-26-37-18-14-12-15-19-37)63(33-41)53(71)43(55(4,5)6)32-46(65)36(3)57-10/h12-25,35-36,41-45,47,57H,11,26-34H2,1-10H3,(H,58,69)(H,59,70)(H,60,67)(H,61,68)(H,62,66)/t35-,36+,41+,42+,43-,44+,45+,47-/m1/s1. The van der Waals surface area contributed by atoms with Crippen LogP contribution in [0.3, 0.4) is 0 Å². The lowest BCUT2D eigenvalue weighted by atomic mass is 9.76. The molecule has 0 radical (unpaired) electrons. The predicted molar refractivity (Wildman–Crippen MR) is 277 cm³/mol. The Morgan fingerprint density at radius 1 is 0.611 bits per heavy atom. The van der Waals surface area contributed by atoms with E-state index in [0.717, 1.165) is 11.1 Å². The maximum Gasteiger partial charge on any atom is 0.251 e. The van der Waals surface area contributed by atoms with Crippen molar-refractivity contribution >= 4 is 47.1 Å². The molecule has 16 heteroatoms. The maximum absolute atomic E-state index is 14.5. The number of nitrogens with zero attached hydrogens (tertiary/aromatic N) is 2. The third-order valence-corrected chi connectivity index (χ3v) is 14.1. The fourth-order valence-corrected chi connectivity index (χ4v) is 9.15. The van der Waals surface area contributed by atoms with Crippen molar-refractivity contribution in [1.82, 2.24) is 41.7 Å². The maximum atomic E-state index is 14.5. The number of likely N-dealkylation sites (N-methyl/N-ethyl adjacent to an activating group) is 1. The van der Waals surface area contributed by atoms with Gasteiger partial charge >= 0.3 is 0 Å². The van der Waals surface area contributed by atoms with Crippen molar-refractivity contribution in [3.63, 3.8) is 0 Å². The summed E-state index contributed by atoms with van der Waals surface area (Å²) in [6, 6.07) is 21.1. The largest absolute Gasteiger partial charge is 0.354 e. The van der Waals surface area contributed by atoms with Crippen LogP contribution in [-0.4, -0.2) is 126 Å². The highest BCUT2D eigenvalue weighted by molar-refractivity contribution is 5.99. The van der Waals surface area contributed by atoms with E-state index in [9.17, 15) is 38.4 Å². The van der Waals surface area contributed by atoms with E-state index in [-0.39, 0.29) is 78.8 Å². The van der Waals surface area contributed by atoms with Gasteiger partial charge in [0.25, 0.3) is 11.8 Å². The van der Waals surface area contributed by atoms with Crippen molar-refractivity contribution in [2.75, 3.05) is 33.2 Å². The van der Waals surface area contributed by atoms with Crippen molar-refractivity contribution in [2.24, 2.45) is 22.7 Å². The lowest BCUT2D eigenvalue weighted by Crippen LogP contribution is -2.58. The van der Waals surface area contributed by atoms with Gasteiger partial charge < -0.3 is 41.7 Å². The molecule has 0 aliphatic carbocycles. The van der Waals surface area contributed by atoms with E-state index in [2.05, 4.69) is 31.9 Å². The number of Topliss-reactive ketones (excluding diaryl/α,β-unsaturated/α-hetero) is 1. The molecule has 6 N–H and O–H groups in total. The number of amides is 7. The summed E-state index contributed by atoms with van der Waals surface area (Å²) in [4.78, 5) is 114. The van der Waals surface area contributed by atoms with E-state index < -0.39 is 70.7 Å². The predicted octanol–water partition coefficient (Wildman–Crippen LogP) is 4.61. The Bertz CT molecular complexity index is 2200. The van der Waals surface area contributed by atoms with Crippen molar-refractivity contribution in [2.45, 2.75) is 137 Å². The molecule has 16 nitrogen and oxygen atoms in total. The van der Waals surface area contributed by atoms with E-state index in [4.69, 9.17) is 0 Å². The SMILES string of the molecule is CC[C@@H](C)C(=O)N[C@H](C(=O)N1C[C@@H](NC(=O)c2ccc(C(=O)N[C@H]3C[C@@H](C(=O)NCCc4ccccc4)N(C(=O)[C@@H](CC(=O)[C@H](C)NC)C(C)(C)C)C3)cc2)C[C@H]1C(=O)NCCc1ccccc1)C(C)(C)C. The lowest BCUT2D eigenvalue weighted by Gasteiger charge is -2.36. The summed E-state index contributed by atoms with van der Waals surface area (Å²) in [7, 11) is 1.69. The average Bonchev–Trinajstić information content (AvgIpc) is 3.98. The Morgan fingerprint density at radius 2 is 1.04 bits per heavy atom. The van der Waals surface area contributed by atoms with Crippen LogP contribution in [0.2, 0.25) is 0 Å². The second-order valence-corrected chi connectivity index (χ2v) is 21.7. The minimum Gasteiger partial charge on any atom is -0.354 e. The van der Waals surface area contributed by atoms with Crippen LogP contribution in [0.5, 0.6) is 0 Å². The van der Waals surface area contributed by atoms with Gasteiger partial charge in [0.05, 0.1) is 6.04 Å². The second-order valence-electron chi connectivity index (χ2n) is 21.7. The van der Waals surface area contributed by atoms with Crippen molar-refractivity contribution in [1.29, 1.82) is 0 Å². The van der Waals surface area contributed by atoms with Gasteiger partial charge in [0.1, 0.15) is 23.9 Å². The van der Waals surface area contributed by atoms with Gasteiger partial charge in [-0.05, 0) is 92.3 Å². The Hall–Kier alpha value is -6.42. The van der Waals surface area contributed by atoms with Crippen LogP contribution >= 0.6 is 0 Å². The molecule has 2 saturated heterocycles. The molecule has 72 heavy (non-hydrogen) atoms. The summed E-state index contributed by atoms with van der Waals surface area (Å²) < 4.78 is 0. The second kappa shape index (κ2) is 25.3. The van der Waals surface area contributed by atoms with Gasteiger partial charge in [-0.1, -0.05) is 116 Å². The Balaban J connectivity index is 1.28. The van der Waals surface area contributed by atoms with E-state index in [1.54, 1.807) is 20.9 Å². The van der Waals surface area contributed by atoms with Crippen molar-refractivity contribution in [3.8, 4) is 0 Å². The number of hydrogen-bond acceptors (Lipinski definition) is 9. The summed E-state index contributed by atoms with van der Waals surface area (Å²) in [5.41, 5.74) is 1.27. The van der Waals surface area contributed by atoms with Crippen LogP contribution in [0, 0.1) is 22.7 Å². The molecule has 0 unspecified atom stereocenters. The minimum atomic E-state index is -0.934. The van der Waals surface area contributed by atoms with Crippen LogP contribution in [0.4, 0.5) is 0 Å². The fourth-order valence-electron chi connectivity index (χ4n) is 9.15. The molecule has 2 heterocycles. The lowest BCUT2D eigenvalue weighted by molar-refractivity contribution is -0.146. The first-order chi connectivity index (χ1) is 34.0. The first-order valence-electron chi connectivity index (χ1n) is 25.5. The van der Waals surface area contributed by atoms with Crippen LogP contribution < -0.4 is 31.9 Å². The number of rotatable bonds is 21. The summed E-state index contributed by atoms with van der Waals surface area (Å²) in [6.07, 6.45) is 2.04. The highest BCUT2D eigenvalue weighted by Gasteiger charge is 2.47. The molecule has 2 fully saturated rings. The molecule has 390 valence electrons. The summed E-state index contributed by atoms with van der Waals surface area (Å²) >= 11 is 0.